The van der Waals surface area contributed by atoms with Gasteiger partial charge in [-0.1, -0.05) is 41.9 Å². The van der Waals surface area contributed by atoms with E-state index in [-0.39, 0.29) is 18.7 Å². The van der Waals surface area contributed by atoms with E-state index in [0.717, 1.165) is 47.0 Å². The number of halogens is 1. The summed E-state index contributed by atoms with van der Waals surface area (Å²) < 4.78 is 10.8. The molecule has 1 saturated heterocycles. The summed E-state index contributed by atoms with van der Waals surface area (Å²) in [4.78, 5) is 19.3. The number of likely N-dealkylation sites (tertiary alicyclic amines) is 1. The summed E-state index contributed by atoms with van der Waals surface area (Å²) in [7, 11) is 0. The number of nitrogens with zero attached hydrogens (tertiary/aromatic N) is 2. The molecule has 6 nitrogen and oxygen atoms in total. The van der Waals surface area contributed by atoms with Gasteiger partial charge in [0.25, 0.3) is 0 Å². The fraction of sp³-hybridized carbons (Fsp3) is 0.333. The zero-order chi connectivity index (χ0) is 21.9. The maximum absolute atomic E-state index is 12.5. The summed E-state index contributed by atoms with van der Waals surface area (Å²) in [6.45, 7) is 2.25. The Bertz CT molecular complexity index is 1110. The number of benzene rings is 2. The number of rotatable bonds is 8. The molecule has 0 bridgehead atoms. The minimum Gasteiger partial charge on any atom is -0.454 e. The number of nitrogens with one attached hydrogen (secondary N) is 1. The third kappa shape index (κ3) is 4.60. The summed E-state index contributed by atoms with van der Waals surface area (Å²) in [6.07, 6.45) is 2.39. The molecule has 32 heavy (non-hydrogen) atoms. The highest BCUT2D eigenvalue weighted by Gasteiger charge is 2.31. The monoisotopic (exact) mass is 469 g/mol. The molecule has 1 atom stereocenters. The molecule has 5 rings (SSSR count). The van der Waals surface area contributed by atoms with Crippen molar-refractivity contribution in [2.24, 2.45) is 0 Å². The van der Waals surface area contributed by atoms with Gasteiger partial charge < -0.3 is 19.7 Å². The van der Waals surface area contributed by atoms with E-state index in [1.54, 1.807) is 17.4 Å². The predicted octanol–water partition coefficient (Wildman–Crippen LogP) is 4.86. The zero-order valence-electron chi connectivity index (χ0n) is 17.6. The number of carbonyl (C=O) groups excluding carboxylic acids is 1. The van der Waals surface area contributed by atoms with Gasteiger partial charge in [0.2, 0.25) is 12.7 Å². The molecule has 3 aromatic rings. The Balaban J connectivity index is 1.15. The van der Waals surface area contributed by atoms with Crippen molar-refractivity contribution in [1.82, 2.24) is 15.2 Å². The Morgan fingerprint density at radius 1 is 1.19 bits per heavy atom. The summed E-state index contributed by atoms with van der Waals surface area (Å²) in [5, 5.41) is 7.16. The molecule has 0 saturated carbocycles. The molecule has 3 heterocycles. The van der Waals surface area contributed by atoms with Crippen LogP contribution in [0.3, 0.4) is 0 Å². The zero-order valence-corrected chi connectivity index (χ0v) is 19.1. The third-order valence-corrected chi connectivity index (χ3v) is 7.08. The first-order valence-corrected chi connectivity index (χ1v) is 12.0. The van der Waals surface area contributed by atoms with Crippen LogP contribution in [0, 0.1) is 0 Å². The minimum atomic E-state index is 0.213. The fourth-order valence-corrected chi connectivity index (χ4v) is 5.19. The van der Waals surface area contributed by atoms with E-state index in [0.29, 0.717) is 30.3 Å². The van der Waals surface area contributed by atoms with Crippen LogP contribution in [0.5, 0.6) is 11.5 Å². The second-order valence-corrected chi connectivity index (χ2v) is 9.32. The SMILES string of the molecule is O=C1CCC(CCNCc2cc3c(cc2Cl)OCO3)N1Cc1nc(-c2ccccc2)cs1. The molecule has 1 fully saturated rings. The predicted molar refractivity (Wildman–Crippen MR) is 125 cm³/mol. The van der Waals surface area contributed by atoms with Crippen molar-refractivity contribution in [2.45, 2.75) is 38.4 Å². The first-order valence-electron chi connectivity index (χ1n) is 10.8. The van der Waals surface area contributed by atoms with Gasteiger partial charge in [0.15, 0.2) is 11.5 Å². The van der Waals surface area contributed by atoms with Crippen molar-refractivity contribution in [2.75, 3.05) is 13.3 Å². The van der Waals surface area contributed by atoms with E-state index in [1.807, 2.05) is 29.2 Å². The van der Waals surface area contributed by atoms with Crippen LogP contribution >= 0.6 is 22.9 Å². The van der Waals surface area contributed by atoms with Crippen LogP contribution in [-0.2, 0) is 17.9 Å². The average Bonchev–Trinajstić information content (AvgIpc) is 3.54. The Morgan fingerprint density at radius 2 is 2.00 bits per heavy atom. The van der Waals surface area contributed by atoms with Gasteiger partial charge >= 0.3 is 0 Å². The van der Waals surface area contributed by atoms with Crippen LogP contribution in [0.2, 0.25) is 5.02 Å². The molecule has 166 valence electrons. The topological polar surface area (TPSA) is 63.7 Å². The fourth-order valence-electron chi connectivity index (χ4n) is 4.17. The average molecular weight is 470 g/mol. The molecular weight excluding hydrogens is 446 g/mol. The molecule has 2 aliphatic heterocycles. The van der Waals surface area contributed by atoms with Crippen molar-refractivity contribution < 1.29 is 14.3 Å². The first-order chi connectivity index (χ1) is 15.7. The number of hydrogen-bond acceptors (Lipinski definition) is 6. The van der Waals surface area contributed by atoms with Gasteiger partial charge in [-0.05, 0) is 31.0 Å². The summed E-state index contributed by atoms with van der Waals surface area (Å²) in [5.41, 5.74) is 3.05. The Hall–Kier alpha value is -2.61. The smallest absolute Gasteiger partial charge is 0.231 e. The number of carbonyl (C=O) groups is 1. The van der Waals surface area contributed by atoms with Gasteiger partial charge in [-0.2, -0.15) is 0 Å². The highest BCUT2D eigenvalue weighted by molar-refractivity contribution is 7.09. The summed E-state index contributed by atoms with van der Waals surface area (Å²) in [5.74, 6) is 1.64. The molecule has 1 amide bonds. The Kier molecular flexibility index (Phi) is 6.30. The highest BCUT2D eigenvalue weighted by Crippen LogP contribution is 2.36. The maximum atomic E-state index is 12.5. The van der Waals surface area contributed by atoms with Crippen LogP contribution < -0.4 is 14.8 Å². The van der Waals surface area contributed by atoms with Crippen molar-refractivity contribution in [3.05, 3.63) is 63.4 Å². The molecule has 2 aliphatic rings. The maximum Gasteiger partial charge on any atom is 0.231 e. The second kappa shape index (κ2) is 9.48. The van der Waals surface area contributed by atoms with E-state index in [4.69, 9.17) is 26.1 Å². The number of hydrogen-bond donors (Lipinski definition) is 1. The van der Waals surface area contributed by atoms with Gasteiger partial charge in [0.05, 0.1) is 12.2 Å². The van der Waals surface area contributed by atoms with Crippen LogP contribution in [-0.4, -0.2) is 35.2 Å². The van der Waals surface area contributed by atoms with Gasteiger partial charge in [-0.15, -0.1) is 11.3 Å². The minimum absolute atomic E-state index is 0.213. The van der Waals surface area contributed by atoms with Gasteiger partial charge in [-0.3, -0.25) is 4.79 Å². The van der Waals surface area contributed by atoms with Gasteiger partial charge in [-0.25, -0.2) is 4.98 Å². The Labute approximate surface area is 196 Å². The van der Waals surface area contributed by atoms with Gasteiger partial charge in [0, 0.05) is 41.0 Å². The van der Waals surface area contributed by atoms with Crippen molar-refractivity contribution in [1.29, 1.82) is 0 Å². The lowest BCUT2D eigenvalue weighted by molar-refractivity contribution is -0.129. The standard InChI is InChI=1S/C24H24ClN3O3S/c25-19-11-22-21(30-15-31-22)10-17(19)12-26-9-8-18-6-7-24(29)28(18)13-23-27-20(14-32-23)16-4-2-1-3-5-16/h1-5,10-11,14,18,26H,6-9,12-13,15H2. The number of thiazole rings is 1. The molecule has 1 N–H and O–H groups in total. The molecule has 0 aliphatic carbocycles. The van der Waals surface area contributed by atoms with Crippen LogP contribution in [0.15, 0.2) is 47.8 Å². The first kappa shape index (κ1) is 21.2. The van der Waals surface area contributed by atoms with Crippen molar-refractivity contribution in [3.63, 3.8) is 0 Å². The van der Waals surface area contributed by atoms with E-state index in [2.05, 4.69) is 22.8 Å². The molecule has 2 aromatic carbocycles. The van der Waals surface area contributed by atoms with Crippen molar-refractivity contribution >= 4 is 28.8 Å². The van der Waals surface area contributed by atoms with Crippen LogP contribution in [0.25, 0.3) is 11.3 Å². The summed E-state index contributed by atoms with van der Waals surface area (Å²) in [6, 6.07) is 14.1. The molecule has 1 unspecified atom stereocenters. The van der Waals surface area contributed by atoms with E-state index in [1.165, 1.54) is 0 Å². The van der Waals surface area contributed by atoms with Crippen molar-refractivity contribution in [3.8, 4) is 22.8 Å². The van der Waals surface area contributed by atoms with Crippen LogP contribution in [0.4, 0.5) is 0 Å². The largest absolute Gasteiger partial charge is 0.454 e. The normalized spacial score (nSPS) is 17.3. The van der Waals surface area contributed by atoms with Crippen LogP contribution in [0.1, 0.15) is 29.8 Å². The molecular formula is C24H24ClN3O3S. The Morgan fingerprint density at radius 3 is 2.84 bits per heavy atom. The number of ether oxygens (including phenoxy) is 2. The lowest BCUT2D eigenvalue weighted by Crippen LogP contribution is -2.34. The van der Waals surface area contributed by atoms with E-state index >= 15 is 0 Å². The number of amides is 1. The lowest BCUT2D eigenvalue weighted by Gasteiger charge is -2.24. The number of aromatic nitrogens is 1. The van der Waals surface area contributed by atoms with Gasteiger partial charge in [0.1, 0.15) is 5.01 Å². The number of fused-ring (bicyclic) bond motifs is 1. The molecule has 1 aromatic heterocycles. The lowest BCUT2D eigenvalue weighted by atomic mass is 10.1. The summed E-state index contributed by atoms with van der Waals surface area (Å²) >= 11 is 7.97. The van der Waals surface area contributed by atoms with E-state index < -0.39 is 0 Å². The molecule has 0 radical (unpaired) electrons. The highest BCUT2D eigenvalue weighted by atomic mass is 35.5. The molecule has 8 heteroatoms. The third-order valence-electron chi connectivity index (χ3n) is 5.89. The quantitative estimate of drug-likeness (QED) is 0.477. The van der Waals surface area contributed by atoms with E-state index in [9.17, 15) is 4.79 Å². The molecule has 0 spiro atoms. The second-order valence-electron chi connectivity index (χ2n) is 7.97.